The molecule has 0 aliphatic heterocycles. The Morgan fingerprint density at radius 3 is 2.56 bits per heavy atom. The van der Waals surface area contributed by atoms with E-state index in [2.05, 4.69) is 6.92 Å². The predicted molar refractivity (Wildman–Crippen MR) is 40.5 cm³/mol. The molecule has 0 bridgehead atoms. The fourth-order valence-corrected chi connectivity index (χ4v) is 0.764. The monoisotopic (exact) mass is 128 g/mol. The Hall–Kier alpha value is -0.460. The van der Waals surface area contributed by atoms with Gasteiger partial charge in [0.1, 0.15) is 0 Å². The molecular formula is C8H16O. The summed E-state index contributed by atoms with van der Waals surface area (Å²) >= 11 is 0. The Morgan fingerprint density at radius 2 is 2.00 bits per heavy atom. The van der Waals surface area contributed by atoms with Gasteiger partial charge in [-0.15, -0.1) is 0 Å². The second-order valence-electron chi connectivity index (χ2n) is 2.23. The first-order chi connectivity index (χ1) is 4.41. The average molecular weight is 128 g/mol. The molecule has 0 fully saturated rings. The van der Waals surface area contributed by atoms with Crippen LogP contribution >= 0.6 is 0 Å². The number of hydrogen-bond donors (Lipinski definition) is 1. The molecule has 0 radical (unpaired) electrons. The second kappa shape index (κ2) is 7.54. The lowest BCUT2D eigenvalue weighted by atomic mass is 10.2. The van der Waals surface area contributed by atoms with Crippen molar-refractivity contribution in [1.29, 1.82) is 0 Å². The molecule has 0 aromatic rings. The minimum Gasteiger partial charge on any atom is -0.516 e. The maximum atomic E-state index is 8.24. The average Bonchev–Trinajstić information content (AvgIpc) is 1.89. The van der Waals surface area contributed by atoms with Crippen molar-refractivity contribution in [3.8, 4) is 0 Å². The van der Waals surface area contributed by atoms with E-state index in [1.54, 1.807) is 6.08 Å². The molecule has 0 aliphatic rings. The van der Waals surface area contributed by atoms with E-state index in [9.17, 15) is 0 Å². The van der Waals surface area contributed by atoms with E-state index in [0.29, 0.717) is 0 Å². The van der Waals surface area contributed by atoms with E-state index in [4.69, 9.17) is 5.11 Å². The number of hydrogen-bond acceptors (Lipinski definition) is 1. The molecule has 1 N–H and O–H groups in total. The summed E-state index contributed by atoms with van der Waals surface area (Å²) in [6, 6.07) is 0. The molecule has 0 heterocycles. The van der Waals surface area contributed by atoms with E-state index in [1.807, 2.05) is 0 Å². The van der Waals surface area contributed by atoms with E-state index in [-0.39, 0.29) is 0 Å². The van der Waals surface area contributed by atoms with Crippen molar-refractivity contribution in [2.24, 2.45) is 0 Å². The van der Waals surface area contributed by atoms with Crippen LogP contribution < -0.4 is 0 Å². The van der Waals surface area contributed by atoms with Crippen LogP contribution in [0.2, 0.25) is 0 Å². The van der Waals surface area contributed by atoms with Crippen LogP contribution in [0.4, 0.5) is 0 Å². The molecule has 0 atom stereocenters. The molecule has 0 spiro atoms. The van der Waals surface area contributed by atoms with Crippen molar-refractivity contribution in [2.75, 3.05) is 0 Å². The highest BCUT2D eigenvalue weighted by Gasteiger charge is 1.82. The van der Waals surface area contributed by atoms with Crippen molar-refractivity contribution in [1.82, 2.24) is 0 Å². The maximum Gasteiger partial charge on any atom is 0.0751 e. The molecule has 0 aromatic carbocycles. The highest BCUT2D eigenvalue weighted by Crippen LogP contribution is 2.01. The quantitative estimate of drug-likeness (QED) is 0.445. The zero-order chi connectivity index (χ0) is 6.95. The number of allylic oxidation sites excluding steroid dienone is 1. The Labute approximate surface area is 57.4 Å². The molecule has 0 rings (SSSR count). The lowest BCUT2D eigenvalue weighted by Gasteiger charge is -1.92. The predicted octanol–water partition coefficient (Wildman–Crippen LogP) is 3.03. The summed E-state index contributed by atoms with van der Waals surface area (Å²) in [4.78, 5) is 0. The number of aliphatic hydroxyl groups excluding tert-OH is 1. The van der Waals surface area contributed by atoms with Gasteiger partial charge in [-0.1, -0.05) is 32.3 Å². The van der Waals surface area contributed by atoms with Crippen molar-refractivity contribution in [2.45, 2.75) is 39.0 Å². The zero-order valence-corrected chi connectivity index (χ0v) is 6.14. The number of unbranched alkanes of at least 4 members (excludes halogenated alkanes) is 4. The van der Waals surface area contributed by atoms with Crippen LogP contribution in [0.15, 0.2) is 12.3 Å². The Balaban J connectivity index is 2.75. The molecule has 0 aliphatic carbocycles. The first kappa shape index (κ1) is 8.54. The number of rotatable bonds is 5. The van der Waals surface area contributed by atoms with E-state index in [1.165, 1.54) is 25.7 Å². The second-order valence-corrected chi connectivity index (χ2v) is 2.23. The summed E-state index contributed by atoms with van der Waals surface area (Å²) in [5.74, 6) is 0. The van der Waals surface area contributed by atoms with Crippen LogP contribution in [-0.4, -0.2) is 5.11 Å². The molecular weight excluding hydrogens is 112 g/mol. The highest BCUT2D eigenvalue weighted by molar-refractivity contribution is 4.70. The topological polar surface area (TPSA) is 20.2 Å². The molecule has 0 amide bonds. The van der Waals surface area contributed by atoms with Crippen molar-refractivity contribution >= 4 is 0 Å². The van der Waals surface area contributed by atoms with E-state index >= 15 is 0 Å². The molecule has 0 saturated heterocycles. The first-order valence-corrected chi connectivity index (χ1v) is 3.71. The maximum absolute atomic E-state index is 8.24. The lowest BCUT2D eigenvalue weighted by molar-refractivity contribution is 0.469. The summed E-state index contributed by atoms with van der Waals surface area (Å²) in [5, 5.41) is 8.24. The van der Waals surface area contributed by atoms with Crippen LogP contribution in [0.5, 0.6) is 0 Å². The third kappa shape index (κ3) is 7.54. The van der Waals surface area contributed by atoms with Crippen LogP contribution in [0, 0.1) is 0 Å². The van der Waals surface area contributed by atoms with E-state index in [0.717, 1.165) is 12.7 Å². The van der Waals surface area contributed by atoms with Gasteiger partial charge in [-0.05, 0) is 12.8 Å². The summed E-state index contributed by atoms with van der Waals surface area (Å²) in [6.07, 6.45) is 9.06. The van der Waals surface area contributed by atoms with Crippen LogP contribution in [0.3, 0.4) is 0 Å². The van der Waals surface area contributed by atoms with Gasteiger partial charge in [0, 0.05) is 0 Å². The van der Waals surface area contributed by atoms with Gasteiger partial charge < -0.3 is 5.11 Å². The normalized spacial score (nSPS) is 10.8. The summed E-state index contributed by atoms with van der Waals surface area (Å²) in [5.41, 5.74) is 0. The third-order valence-corrected chi connectivity index (χ3v) is 1.33. The SMILES string of the molecule is CCCCCC/C=C/O. The molecule has 0 aromatic heterocycles. The fourth-order valence-electron chi connectivity index (χ4n) is 0.764. The van der Waals surface area contributed by atoms with Crippen LogP contribution in [-0.2, 0) is 0 Å². The molecule has 9 heavy (non-hydrogen) atoms. The molecule has 54 valence electrons. The van der Waals surface area contributed by atoms with Gasteiger partial charge in [-0.25, -0.2) is 0 Å². The van der Waals surface area contributed by atoms with Gasteiger partial charge in [0.15, 0.2) is 0 Å². The Kier molecular flexibility index (Phi) is 7.15. The van der Waals surface area contributed by atoms with E-state index < -0.39 is 0 Å². The lowest BCUT2D eigenvalue weighted by Crippen LogP contribution is -1.72. The van der Waals surface area contributed by atoms with Crippen molar-refractivity contribution in [3.05, 3.63) is 12.3 Å². The standard InChI is InChI=1S/C8H16O/c1-2-3-4-5-6-7-8-9/h7-9H,2-6H2,1H3/b8-7+. The first-order valence-electron chi connectivity index (χ1n) is 3.71. The van der Waals surface area contributed by atoms with Gasteiger partial charge in [-0.2, -0.15) is 0 Å². The van der Waals surface area contributed by atoms with Crippen LogP contribution in [0.25, 0.3) is 0 Å². The van der Waals surface area contributed by atoms with Gasteiger partial charge in [0.2, 0.25) is 0 Å². The smallest absolute Gasteiger partial charge is 0.0751 e. The van der Waals surface area contributed by atoms with Gasteiger partial charge in [0.05, 0.1) is 6.26 Å². The van der Waals surface area contributed by atoms with Gasteiger partial charge in [0.25, 0.3) is 0 Å². The largest absolute Gasteiger partial charge is 0.516 e. The summed E-state index contributed by atoms with van der Waals surface area (Å²) < 4.78 is 0. The minimum absolute atomic E-state index is 1.02. The molecule has 1 heteroatoms. The minimum atomic E-state index is 1.02. The zero-order valence-electron chi connectivity index (χ0n) is 6.14. The number of aliphatic hydroxyl groups is 1. The van der Waals surface area contributed by atoms with Crippen LogP contribution in [0.1, 0.15) is 39.0 Å². The van der Waals surface area contributed by atoms with Crippen molar-refractivity contribution < 1.29 is 5.11 Å². The molecule has 0 saturated carbocycles. The summed E-state index contributed by atoms with van der Waals surface area (Å²) in [7, 11) is 0. The van der Waals surface area contributed by atoms with Gasteiger partial charge >= 0.3 is 0 Å². The summed E-state index contributed by atoms with van der Waals surface area (Å²) in [6.45, 7) is 2.20. The van der Waals surface area contributed by atoms with Gasteiger partial charge in [-0.3, -0.25) is 0 Å². The Bertz CT molecular complexity index is 67.0. The highest BCUT2D eigenvalue weighted by atomic mass is 16.2. The molecule has 0 unspecified atom stereocenters. The fraction of sp³-hybridized carbons (Fsp3) is 0.750. The third-order valence-electron chi connectivity index (χ3n) is 1.33. The Morgan fingerprint density at radius 1 is 1.22 bits per heavy atom. The van der Waals surface area contributed by atoms with Crippen molar-refractivity contribution in [3.63, 3.8) is 0 Å². The molecule has 1 nitrogen and oxygen atoms in total.